The van der Waals surface area contributed by atoms with Gasteiger partial charge in [-0.1, -0.05) is 0 Å². The van der Waals surface area contributed by atoms with Crippen molar-refractivity contribution in [2.75, 3.05) is 6.61 Å². The minimum Gasteiger partial charge on any atom is -0.393 e. The maximum atomic E-state index is 10.7. The van der Waals surface area contributed by atoms with Gasteiger partial charge in [0.1, 0.15) is 35.6 Å². The van der Waals surface area contributed by atoms with Crippen LogP contribution in [0.15, 0.2) is 4.99 Å². The minimum absolute atomic E-state index is 0.125. The molecule has 9 atom stereocenters. The molecule has 0 radical (unpaired) electrons. The molecule has 0 aromatic carbocycles. The summed E-state index contributed by atoms with van der Waals surface area (Å²) in [6.07, 6.45) is -6.93. The molecular weight excluding hydrogens is 300 g/mol. The average Bonchev–Trinajstić information content (AvgIpc) is 2.45. The van der Waals surface area contributed by atoms with Crippen LogP contribution in [-0.2, 0) is 9.47 Å². The van der Waals surface area contributed by atoms with E-state index in [1.165, 1.54) is 0 Å². The molecule has 22 heavy (non-hydrogen) atoms. The lowest BCUT2D eigenvalue weighted by Crippen LogP contribution is -2.95. The molecule has 5 rings (SSSR count). The SMILES string of the molecule is NC1=NC(N)C2C3OC4(O)OC([C@@H](O)[C@@]2(N1)[C@@H]4O)[C@]3(O)CO. The minimum atomic E-state index is -2.46. The van der Waals surface area contributed by atoms with Gasteiger partial charge in [0.05, 0.1) is 12.5 Å². The third-order valence-corrected chi connectivity index (χ3v) is 5.28. The third-order valence-electron chi connectivity index (χ3n) is 5.28. The van der Waals surface area contributed by atoms with Crippen molar-refractivity contribution in [2.24, 2.45) is 22.4 Å². The van der Waals surface area contributed by atoms with E-state index < -0.39 is 60.2 Å². The molecule has 0 aromatic heterocycles. The molecule has 4 fully saturated rings. The summed E-state index contributed by atoms with van der Waals surface area (Å²) < 4.78 is 10.4. The van der Waals surface area contributed by atoms with Crippen molar-refractivity contribution in [3.05, 3.63) is 0 Å². The Morgan fingerprint density at radius 2 is 1.86 bits per heavy atom. The summed E-state index contributed by atoms with van der Waals surface area (Å²) >= 11 is 0. The summed E-state index contributed by atoms with van der Waals surface area (Å²) in [5.41, 5.74) is 7.96. The first kappa shape index (κ1) is 14.5. The highest BCUT2D eigenvalue weighted by molar-refractivity contribution is 5.80. The molecule has 0 amide bonds. The first-order valence-corrected chi connectivity index (χ1v) is 6.85. The van der Waals surface area contributed by atoms with E-state index in [1.54, 1.807) is 0 Å². The van der Waals surface area contributed by atoms with Gasteiger partial charge in [-0.15, -0.1) is 0 Å². The lowest BCUT2D eigenvalue weighted by molar-refractivity contribution is -0.546. The summed E-state index contributed by atoms with van der Waals surface area (Å²) in [5.74, 6) is -3.54. The zero-order chi connectivity index (χ0) is 16.1. The van der Waals surface area contributed by atoms with Crippen LogP contribution >= 0.6 is 0 Å². The molecule has 5 unspecified atom stereocenters. The summed E-state index contributed by atoms with van der Waals surface area (Å²) in [5, 5.41) is 54.4. The Kier molecular flexibility index (Phi) is 2.57. The number of nitrogens with one attached hydrogen (secondary N) is 1. The molecule has 4 aliphatic heterocycles. The average molecular weight is 318 g/mol. The summed E-state index contributed by atoms with van der Waals surface area (Å²) in [7, 11) is 0. The molecule has 0 aromatic rings. The number of hydrogen-bond donors (Lipinski definition) is 8. The van der Waals surface area contributed by atoms with Gasteiger partial charge in [-0.05, 0) is 0 Å². The maximum Gasteiger partial charge on any atom is 0.311 e. The number of aliphatic hydroxyl groups excluding tert-OH is 3. The highest BCUT2D eigenvalue weighted by Gasteiger charge is 2.82. The molecule has 1 aliphatic carbocycles. The van der Waals surface area contributed by atoms with Gasteiger partial charge in [0.15, 0.2) is 12.1 Å². The Labute approximate surface area is 124 Å². The van der Waals surface area contributed by atoms with Crippen LogP contribution in [0, 0.1) is 5.92 Å². The van der Waals surface area contributed by atoms with Crippen molar-refractivity contribution in [3.8, 4) is 0 Å². The van der Waals surface area contributed by atoms with Crippen molar-refractivity contribution < 1.29 is 35.0 Å². The monoisotopic (exact) mass is 318 g/mol. The fraction of sp³-hybridized carbons (Fsp3) is 0.909. The zero-order valence-electron chi connectivity index (χ0n) is 11.3. The summed E-state index contributed by atoms with van der Waals surface area (Å²) in [6.45, 7) is -0.802. The number of aliphatic hydroxyl groups is 5. The standard InChI is InChI=1S/C11H18N4O7/c12-6-2-4-9(19,1-16)5-3(17)10(2,15-8(13)14-6)7(18)11(20,21-4)22-5/h2-7,16-20H,1,12H2,(H3,13,14,15)/t2?,3-,4?,5?,6?,7+,9+,10-,11?/m1/s1. The van der Waals surface area contributed by atoms with Crippen LogP contribution in [-0.4, -0.2) is 85.8 Å². The number of nitrogens with two attached hydrogens (primary N) is 2. The van der Waals surface area contributed by atoms with Gasteiger partial charge in [0.25, 0.3) is 0 Å². The summed E-state index contributed by atoms with van der Waals surface area (Å²) in [4.78, 5) is 3.92. The molecule has 4 bridgehead atoms. The van der Waals surface area contributed by atoms with Crippen LogP contribution < -0.4 is 16.8 Å². The van der Waals surface area contributed by atoms with Crippen molar-refractivity contribution in [3.63, 3.8) is 0 Å². The predicted molar refractivity (Wildman–Crippen MR) is 67.7 cm³/mol. The molecule has 4 heterocycles. The highest BCUT2D eigenvalue weighted by Crippen LogP contribution is 2.58. The number of aliphatic imine (C=N–C) groups is 1. The molecule has 124 valence electrons. The number of hydrogen-bond acceptors (Lipinski definition) is 11. The third kappa shape index (κ3) is 1.28. The molecule has 3 saturated heterocycles. The fourth-order valence-corrected chi connectivity index (χ4v) is 4.31. The Bertz CT molecular complexity index is 563. The van der Waals surface area contributed by atoms with Gasteiger partial charge in [0, 0.05) is 0 Å². The van der Waals surface area contributed by atoms with Crippen LogP contribution in [0.2, 0.25) is 0 Å². The topological polar surface area (TPSA) is 196 Å². The van der Waals surface area contributed by atoms with E-state index >= 15 is 0 Å². The van der Waals surface area contributed by atoms with Gasteiger partial charge in [-0.2, -0.15) is 0 Å². The van der Waals surface area contributed by atoms with Crippen molar-refractivity contribution in [2.45, 2.75) is 47.7 Å². The van der Waals surface area contributed by atoms with E-state index in [9.17, 15) is 25.5 Å². The lowest BCUT2D eigenvalue weighted by Gasteiger charge is -2.71. The number of nitrogens with zero attached hydrogens (tertiary/aromatic N) is 1. The van der Waals surface area contributed by atoms with E-state index in [1.807, 2.05) is 0 Å². The second-order valence-corrected chi connectivity index (χ2v) is 6.29. The molecule has 1 saturated carbocycles. The normalized spacial score (nSPS) is 62.4. The van der Waals surface area contributed by atoms with Crippen molar-refractivity contribution in [1.29, 1.82) is 0 Å². The number of ether oxygens (including phenoxy) is 2. The molecule has 5 aliphatic rings. The van der Waals surface area contributed by atoms with Crippen molar-refractivity contribution in [1.82, 2.24) is 5.32 Å². The Balaban J connectivity index is 1.95. The number of rotatable bonds is 1. The van der Waals surface area contributed by atoms with Crippen molar-refractivity contribution >= 4 is 5.96 Å². The van der Waals surface area contributed by atoms with Crippen LogP contribution in [0.1, 0.15) is 0 Å². The second-order valence-electron chi connectivity index (χ2n) is 6.29. The maximum absolute atomic E-state index is 10.7. The molecule has 11 heteroatoms. The van der Waals surface area contributed by atoms with Crippen LogP contribution in [0.25, 0.3) is 0 Å². The molecular formula is C11H18N4O7. The first-order valence-electron chi connectivity index (χ1n) is 6.85. The van der Waals surface area contributed by atoms with E-state index in [0.717, 1.165) is 0 Å². The largest absolute Gasteiger partial charge is 0.393 e. The lowest BCUT2D eigenvalue weighted by atomic mass is 9.55. The molecule has 11 nitrogen and oxygen atoms in total. The first-order chi connectivity index (χ1) is 10.2. The van der Waals surface area contributed by atoms with Gasteiger partial charge in [-0.3, -0.25) is 0 Å². The smallest absolute Gasteiger partial charge is 0.311 e. The van der Waals surface area contributed by atoms with Gasteiger partial charge in [0.2, 0.25) is 0 Å². The Morgan fingerprint density at radius 3 is 2.50 bits per heavy atom. The Hall–Kier alpha value is -1.05. The molecule has 10 N–H and O–H groups in total. The predicted octanol–water partition coefficient (Wildman–Crippen LogP) is -5.55. The Morgan fingerprint density at radius 1 is 1.23 bits per heavy atom. The second kappa shape index (κ2) is 3.88. The van der Waals surface area contributed by atoms with E-state index in [0.29, 0.717) is 0 Å². The van der Waals surface area contributed by atoms with Gasteiger partial charge in [-0.25, -0.2) is 4.99 Å². The fourth-order valence-electron chi connectivity index (χ4n) is 4.31. The van der Waals surface area contributed by atoms with E-state index in [2.05, 4.69) is 10.3 Å². The highest BCUT2D eigenvalue weighted by atomic mass is 16.9. The van der Waals surface area contributed by atoms with Crippen LogP contribution in [0.5, 0.6) is 0 Å². The van der Waals surface area contributed by atoms with Gasteiger partial charge < -0.3 is 51.8 Å². The van der Waals surface area contributed by atoms with Crippen LogP contribution in [0.3, 0.4) is 0 Å². The quantitative estimate of drug-likeness (QED) is 0.231. The zero-order valence-corrected chi connectivity index (χ0v) is 11.3. The summed E-state index contributed by atoms with van der Waals surface area (Å²) in [6, 6.07) is 0. The van der Waals surface area contributed by atoms with E-state index in [4.69, 9.17) is 20.9 Å². The molecule has 1 spiro atoms. The number of guanidine groups is 1. The van der Waals surface area contributed by atoms with Gasteiger partial charge >= 0.3 is 5.97 Å². The van der Waals surface area contributed by atoms with E-state index in [-0.39, 0.29) is 5.96 Å². The van der Waals surface area contributed by atoms with Crippen LogP contribution in [0.4, 0.5) is 0 Å².